The van der Waals surface area contributed by atoms with Gasteiger partial charge in [-0.3, -0.25) is 9.78 Å². The molecule has 0 bridgehead atoms. The van der Waals surface area contributed by atoms with Gasteiger partial charge in [0.1, 0.15) is 5.39 Å². The smallest absolute Gasteiger partial charge is 0.263 e. The van der Waals surface area contributed by atoms with Crippen molar-refractivity contribution in [3.63, 3.8) is 0 Å². The fraction of sp³-hybridized carbons (Fsp3) is 0.353. The minimum absolute atomic E-state index is 0.163. The van der Waals surface area contributed by atoms with Crippen molar-refractivity contribution in [1.82, 2.24) is 19.7 Å². The second-order valence-electron chi connectivity index (χ2n) is 6.12. The van der Waals surface area contributed by atoms with Gasteiger partial charge in [-0.05, 0) is 24.5 Å². The van der Waals surface area contributed by atoms with Crippen molar-refractivity contribution in [3.05, 3.63) is 46.9 Å². The van der Waals surface area contributed by atoms with Gasteiger partial charge in [-0.1, -0.05) is 32.0 Å². The van der Waals surface area contributed by atoms with Gasteiger partial charge in [0.2, 0.25) is 5.95 Å². The van der Waals surface area contributed by atoms with E-state index < -0.39 is 0 Å². The maximum atomic E-state index is 12.3. The van der Waals surface area contributed by atoms with Gasteiger partial charge in [-0.25, -0.2) is 4.68 Å². The highest BCUT2D eigenvalue weighted by Crippen LogP contribution is 2.16. The zero-order chi connectivity index (χ0) is 16.4. The molecular weight excluding hydrogens is 290 g/mol. The molecule has 120 valence electrons. The van der Waals surface area contributed by atoms with Crippen LogP contribution < -0.4 is 10.5 Å². The van der Waals surface area contributed by atoms with E-state index in [0.717, 1.165) is 18.7 Å². The summed E-state index contributed by atoms with van der Waals surface area (Å²) in [6.45, 7) is 5.20. The molecule has 0 spiro atoms. The van der Waals surface area contributed by atoms with Gasteiger partial charge < -0.3 is 4.90 Å². The second kappa shape index (κ2) is 6.24. The third-order valence-corrected chi connectivity index (χ3v) is 3.83. The third-order valence-electron chi connectivity index (χ3n) is 3.83. The molecule has 0 aliphatic heterocycles. The molecule has 2 heterocycles. The van der Waals surface area contributed by atoms with E-state index in [0.29, 0.717) is 22.9 Å². The predicted molar refractivity (Wildman–Crippen MR) is 92.2 cm³/mol. The van der Waals surface area contributed by atoms with Crippen LogP contribution >= 0.6 is 0 Å². The predicted octanol–water partition coefficient (Wildman–Crippen LogP) is 2.59. The molecule has 2 aromatic heterocycles. The summed E-state index contributed by atoms with van der Waals surface area (Å²) in [6.07, 6.45) is 2.60. The average Bonchev–Trinajstić information content (AvgIpc) is 2.98. The molecule has 0 fully saturated rings. The van der Waals surface area contributed by atoms with Crippen molar-refractivity contribution < 1.29 is 0 Å². The number of hydrogen-bond acceptors (Lipinski definition) is 4. The molecule has 6 nitrogen and oxygen atoms in total. The van der Waals surface area contributed by atoms with Crippen LogP contribution in [0, 0.1) is 5.92 Å². The molecule has 3 rings (SSSR count). The van der Waals surface area contributed by atoms with Gasteiger partial charge >= 0.3 is 0 Å². The Balaban J connectivity index is 2.04. The number of H-pyrrole nitrogens is 1. The van der Waals surface area contributed by atoms with Crippen LogP contribution in [0.15, 0.2) is 41.3 Å². The molecule has 0 unspecified atom stereocenters. The summed E-state index contributed by atoms with van der Waals surface area (Å²) in [5.41, 5.74) is 1.30. The van der Waals surface area contributed by atoms with Gasteiger partial charge in [-0.15, -0.1) is 0 Å². The van der Waals surface area contributed by atoms with E-state index in [1.54, 1.807) is 10.9 Å². The van der Waals surface area contributed by atoms with Crippen LogP contribution in [-0.2, 0) is 0 Å². The Labute approximate surface area is 134 Å². The van der Waals surface area contributed by atoms with Gasteiger partial charge in [0, 0.05) is 13.6 Å². The Morgan fingerprint density at radius 3 is 2.70 bits per heavy atom. The molecular formula is C17H21N5O. The van der Waals surface area contributed by atoms with Crippen LogP contribution in [0.3, 0.4) is 0 Å². The van der Waals surface area contributed by atoms with E-state index in [2.05, 4.69) is 28.9 Å². The van der Waals surface area contributed by atoms with Crippen molar-refractivity contribution >= 4 is 17.0 Å². The summed E-state index contributed by atoms with van der Waals surface area (Å²) in [7, 11) is 1.94. The molecule has 0 saturated heterocycles. The monoisotopic (exact) mass is 311 g/mol. The quantitative estimate of drug-likeness (QED) is 0.786. The van der Waals surface area contributed by atoms with E-state index in [4.69, 9.17) is 0 Å². The Morgan fingerprint density at radius 1 is 1.26 bits per heavy atom. The first kappa shape index (κ1) is 15.3. The number of aromatic amines is 1. The normalized spacial score (nSPS) is 11.3. The first-order valence-corrected chi connectivity index (χ1v) is 7.81. The molecule has 0 saturated carbocycles. The van der Waals surface area contributed by atoms with Crippen LogP contribution in [0.5, 0.6) is 0 Å². The number of para-hydroxylation sites is 1. The van der Waals surface area contributed by atoms with Crippen molar-refractivity contribution in [2.75, 3.05) is 18.5 Å². The standard InChI is InChI=1S/C17H21N5O/c1-12(2)9-10-21(3)17-19-15-14(16(23)20-17)11-18-22(15)13-7-5-4-6-8-13/h4-8,11-12H,9-10H2,1-3H3,(H,19,20,23). The number of fused-ring (bicyclic) bond motifs is 1. The van der Waals surface area contributed by atoms with Crippen LogP contribution in [0.25, 0.3) is 16.7 Å². The molecule has 0 amide bonds. The number of benzene rings is 1. The SMILES string of the molecule is CC(C)CCN(C)c1nc2c(cnn2-c2ccccc2)c(=O)[nH]1. The summed E-state index contributed by atoms with van der Waals surface area (Å²) in [5.74, 6) is 1.17. The first-order chi connectivity index (χ1) is 11.1. The Bertz CT molecular complexity index is 850. The maximum Gasteiger partial charge on any atom is 0.263 e. The minimum Gasteiger partial charge on any atom is -0.345 e. The Hall–Kier alpha value is -2.63. The number of nitrogens with one attached hydrogen (secondary N) is 1. The molecule has 0 aliphatic rings. The molecule has 0 radical (unpaired) electrons. The van der Waals surface area contributed by atoms with Gasteiger partial charge in [0.25, 0.3) is 5.56 Å². The summed E-state index contributed by atoms with van der Waals surface area (Å²) in [6, 6.07) is 9.70. The lowest BCUT2D eigenvalue weighted by atomic mass is 10.1. The summed E-state index contributed by atoms with van der Waals surface area (Å²) in [4.78, 5) is 21.8. The van der Waals surface area contributed by atoms with E-state index in [1.165, 1.54) is 0 Å². The molecule has 1 aromatic carbocycles. The first-order valence-electron chi connectivity index (χ1n) is 7.81. The van der Waals surface area contributed by atoms with E-state index in [9.17, 15) is 4.79 Å². The van der Waals surface area contributed by atoms with Crippen LogP contribution in [-0.4, -0.2) is 33.3 Å². The lowest BCUT2D eigenvalue weighted by Crippen LogP contribution is -2.25. The highest BCUT2D eigenvalue weighted by Gasteiger charge is 2.13. The molecule has 0 aliphatic carbocycles. The molecule has 0 atom stereocenters. The molecule has 6 heteroatoms. The average molecular weight is 311 g/mol. The highest BCUT2D eigenvalue weighted by molar-refractivity contribution is 5.76. The molecule has 23 heavy (non-hydrogen) atoms. The molecule has 1 N–H and O–H groups in total. The zero-order valence-electron chi connectivity index (χ0n) is 13.7. The van der Waals surface area contributed by atoms with E-state index in [-0.39, 0.29) is 5.56 Å². The van der Waals surface area contributed by atoms with Gasteiger partial charge in [-0.2, -0.15) is 10.1 Å². The number of rotatable bonds is 5. The van der Waals surface area contributed by atoms with E-state index in [1.807, 2.05) is 42.3 Å². The number of anilines is 1. The molecule has 3 aromatic rings. The fourth-order valence-corrected chi connectivity index (χ4v) is 2.40. The van der Waals surface area contributed by atoms with Crippen molar-refractivity contribution in [2.24, 2.45) is 5.92 Å². The van der Waals surface area contributed by atoms with Crippen molar-refractivity contribution in [2.45, 2.75) is 20.3 Å². The summed E-state index contributed by atoms with van der Waals surface area (Å²) in [5, 5.41) is 4.81. The highest BCUT2D eigenvalue weighted by atomic mass is 16.1. The lowest BCUT2D eigenvalue weighted by Gasteiger charge is -2.18. The number of nitrogens with zero attached hydrogens (tertiary/aromatic N) is 4. The van der Waals surface area contributed by atoms with Crippen LogP contribution in [0.1, 0.15) is 20.3 Å². The largest absolute Gasteiger partial charge is 0.345 e. The van der Waals surface area contributed by atoms with E-state index >= 15 is 0 Å². The Morgan fingerprint density at radius 2 is 2.00 bits per heavy atom. The summed E-state index contributed by atoms with van der Waals surface area (Å²) >= 11 is 0. The Kier molecular flexibility index (Phi) is 4.14. The van der Waals surface area contributed by atoms with Gasteiger partial charge in [0.15, 0.2) is 5.65 Å². The zero-order valence-corrected chi connectivity index (χ0v) is 13.7. The van der Waals surface area contributed by atoms with Gasteiger partial charge in [0.05, 0.1) is 11.9 Å². The number of aromatic nitrogens is 4. The van der Waals surface area contributed by atoms with Crippen molar-refractivity contribution in [1.29, 1.82) is 0 Å². The fourth-order valence-electron chi connectivity index (χ4n) is 2.40. The lowest BCUT2D eigenvalue weighted by molar-refractivity contribution is 0.581. The topological polar surface area (TPSA) is 66.8 Å². The van der Waals surface area contributed by atoms with Crippen LogP contribution in [0.2, 0.25) is 0 Å². The second-order valence-corrected chi connectivity index (χ2v) is 6.12. The minimum atomic E-state index is -0.163. The third kappa shape index (κ3) is 3.11. The maximum absolute atomic E-state index is 12.3. The number of hydrogen-bond donors (Lipinski definition) is 1. The summed E-state index contributed by atoms with van der Waals surface area (Å²) < 4.78 is 1.70. The van der Waals surface area contributed by atoms with Crippen molar-refractivity contribution in [3.8, 4) is 5.69 Å². The van der Waals surface area contributed by atoms with Crippen LogP contribution in [0.4, 0.5) is 5.95 Å².